The number of nitrogens with zero attached hydrogens (tertiary/aromatic N) is 4. The predicted octanol–water partition coefficient (Wildman–Crippen LogP) is 5.39. The Labute approximate surface area is 234 Å². The molecule has 1 amide bonds. The van der Waals surface area contributed by atoms with Crippen molar-refractivity contribution in [2.45, 2.75) is 37.7 Å². The monoisotopic (exact) mass is 556 g/mol. The first-order valence-corrected chi connectivity index (χ1v) is 14.1. The van der Waals surface area contributed by atoms with Gasteiger partial charge in [-0.15, -0.1) is 11.6 Å². The summed E-state index contributed by atoms with van der Waals surface area (Å²) in [5.41, 5.74) is 1.24. The average molecular weight is 558 g/mol. The first-order valence-electron chi connectivity index (χ1n) is 13.3. The third-order valence-corrected chi connectivity index (χ3v) is 8.46. The van der Waals surface area contributed by atoms with Gasteiger partial charge in [-0.3, -0.25) is 4.79 Å². The molecule has 1 unspecified atom stereocenters. The smallest absolute Gasteiger partial charge is 0.225 e. The van der Waals surface area contributed by atoms with Crippen LogP contribution in [-0.4, -0.2) is 65.5 Å². The first-order chi connectivity index (χ1) is 18.4. The minimum absolute atomic E-state index is 0.0150. The van der Waals surface area contributed by atoms with E-state index in [9.17, 15) is 4.79 Å². The van der Waals surface area contributed by atoms with E-state index >= 15 is 0 Å². The minimum atomic E-state index is -0.127. The number of alkyl halides is 1. The molecule has 0 bridgehead atoms. The third-order valence-electron chi connectivity index (χ3n) is 7.92. The van der Waals surface area contributed by atoms with Crippen LogP contribution in [0, 0.1) is 17.8 Å². The number of carbonyl (C=O) groups is 1. The molecule has 2 aliphatic heterocycles. The maximum atomic E-state index is 13.7. The van der Waals surface area contributed by atoms with Crippen LogP contribution in [-0.2, 0) is 4.79 Å². The molecule has 202 valence electrons. The van der Waals surface area contributed by atoms with Gasteiger partial charge in [-0.05, 0) is 50.0 Å². The van der Waals surface area contributed by atoms with Crippen LogP contribution in [0.2, 0.25) is 5.02 Å². The molecule has 5 rings (SSSR count). The SMILES string of the molecule is COc1ccc(N2CCC(C(=O)N3C[C@H]([C@H](C)Oc4ccc(Cl)cn4)[C@@H](C4=CCC(Cl)C=C4)C3)CC2)nc1. The van der Waals surface area contributed by atoms with Crippen molar-refractivity contribution in [3.05, 3.63) is 65.5 Å². The van der Waals surface area contributed by atoms with E-state index < -0.39 is 0 Å². The number of methoxy groups -OCH3 is 1. The molecule has 2 saturated heterocycles. The second-order valence-corrected chi connectivity index (χ2v) is 11.3. The Balaban J connectivity index is 1.25. The van der Waals surface area contributed by atoms with Crippen LogP contribution in [0.5, 0.6) is 11.6 Å². The summed E-state index contributed by atoms with van der Waals surface area (Å²) in [4.78, 5) is 26.8. The normalized spacial score (nSPS) is 24.7. The van der Waals surface area contributed by atoms with Gasteiger partial charge >= 0.3 is 0 Å². The zero-order valence-corrected chi connectivity index (χ0v) is 23.3. The first kappa shape index (κ1) is 26.8. The van der Waals surface area contributed by atoms with Gasteiger partial charge in [0, 0.05) is 56.2 Å². The number of aromatic nitrogens is 2. The van der Waals surface area contributed by atoms with Gasteiger partial charge in [0.2, 0.25) is 11.8 Å². The molecule has 4 heterocycles. The van der Waals surface area contributed by atoms with Crippen molar-refractivity contribution in [3.8, 4) is 11.6 Å². The van der Waals surface area contributed by atoms with Gasteiger partial charge < -0.3 is 19.3 Å². The molecule has 0 spiro atoms. The lowest BCUT2D eigenvalue weighted by Gasteiger charge is -2.34. The third kappa shape index (κ3) is 6.10. The number of carbonyl (C=O) groups excluding carboxylic acids is 1. The van der Waals surface area contributed by atoms with Gasteiger partial charge in [-0.1, -0.05) is 29.8 Å². The summed E-state index contributed by atoms with van der Waals surface area (Å²) in [5.74, 6) is 2.79. The lowest BCUT2D eigenvalue weighted by atomic mass is 9.83. The molecule has 3 aliphatic rings. The molecule has 7 nitrogen and oxygen atoms in total. The fourth-order valence-electron chi connectivity index (χ4n) is 5.73. The number of rotatable bonds is 7. The summed E-state index contributed by atoms with van der Waals surface area (Å²) in [7, 11) is 1.64. The lowest BCUT2D eigenvalue weighted by molar-refractivity contribution is -0.135. The zero-order valence-electron chi connectivity index (χ0n) is 21.8. The highest BCUT2D eigenvalue weighted by Gasteiger charge is 2.42. The largest absolute Gasteiger partial charge is 0.495 e. The van der Waals surface area contributed by atoms with Crippen LogP contribution >= 0.6 is 23.2 Å². The Kier molecular flexibility index (Phi) is 8.44. The summed E-state index contributed by atoms with van der Waals surface area (Å²) < 4.78 is 11.5. The van der Waals surface area contributed by atoms with Gasteiger partial charge in [0.05, 0.1) is 23.7 Å². The number of halogens is 2. The molecule has 0 radical (unpaired) electrons. The van der Waals surface area contributed by atoms with Gasteiger partial charge in [-0.2, -0.15) is 0 Å². The maximum absolute atomic E-state index is 13.7. The summed E-state index contributed by atoms with van der Waals surface area (Å²) in [6.45, 7) is 5.04. The quantitative estimate of drug-likeness (QED) is 0.426. The fourth-order valence-corrected chi connectivity index (χ4v) is 6.00. The highest BCUT2D eigenvalue weighted by atomic mass is 35.5. The maximum Gasteiger partial charge on any atom is 0.225 e. The van der Waals surface area contributed by atoms with Crippen molar-refractivity contribution in [3.63, 3.8) is 0 Å². The number of piperidine rings is 1. The molecular formula is C29H34Cl2N4O3. The molecule has 2 aromatic heterocycles. The van der Waals surface area contributed by atoms with E-state index in [1.807, 2.05) is 18.2 Å². The summed E-state index contributed by atoms with van der Waals surface area (Å²) in [5, 5.41) is 0.594. The average Bonchev–Trinajstić information content (AvgIpc) is 3.40. The van der Waals surface area contributed by atoms with Crippen LogP contribution in [0.3, 0.4) is 0 Å². The highest BCUT2D eigenvalue weighted by Crippen LogP contribution is 2.37. The van der Waals surface area contributed by atoms with E-state index in [1.165, 1.54) is 5.57 Å². The summed E-state index contributed by atoms with van der Waals surface area (Å²) in [6.07, 6.45) is 12.0. The van der Waals surface area contributed by atoms with Crippen LogP contribution in [0.15, 0.2) is 60.5 Å². The predicted molar refractivity (Wildman–Crippen MR) is 150 cm³/mol. The molecule has 0 aromatic carbocycles. The Bertz CT molecular complexity index is 1160. The molecule has 0 saturated carbocycles. The molecule has 4 atom stereocenters. The van der Waals surface area contributed by atoms with Crippen LogP contribution in [0.1, 0.15) is 26.2 Å². The molecule has 0 N–H and O–H groups in total. The summed E-state index contributed by atoms with van der Waals surface area (Å²) in [6, 6.07) is 7.46. The van der Waals surface area contributed by atoms with Crippen LogP contribution in [0.25, 0.3) is 0 Å². The van der Waals surface area contributed by atoms with Crippen LogP contribution in [0.4, 0.5) is 5.82 Å². The number of anilines is 1. The Hall–Kier alpha value is -2.77. The lowest BCUT2D eigenvalue weighted by Crippen LogP contribution is -2.42. The van der Waals surface area contributed by atoms with E-state index in [1.54, 1.807) is 31.6 Å². The van der Waals surface area contributed by atoms with E-state index in [0.29, 0.717) is 24.0 Å². The minimum Gasteiger partial charge on any atom is -0.495 e. The number of ether oxygens (including phenoxy) is 2. The van der Waals surface area contributed by atoms with Crippen molar-refractivity contribution in [2.75, 3.05) is 38.2 Å². The van der Waals surface area contributed by atoms with Gasteiger partial charge in [0.15, 0.2) is 0 Å². The van der Waals surface area contributed by atoms with Gasteiger partial charge in [-0.25, -0.2) is 9.97 Å². The van der Waals surface area contributed by atoms with Crippen LogP contribution < -0.4 is 14.4 Å². The Morgan fingerprint density at radius 3 is 2.55 bits per heavy atom. The van der Waals surface area contributed by atoms with Crippen molar-refractivity contribution in [1.82, 2.24) is 14.9 Å². The molecular weight excluding hydrogens is 523 g/mol. The Morgan fingerprint density at radius 2 is 1.92 bits per heavy atom. The number of allylic oxidation sites excluding steroid dienone is 3. The molecule has 1 aliphatic carbocycles. The molecule has 2 fully saturated rings. The van der Waals surface area contributed by atoms with Gasteiger partial charge in [0.25, 0.3) is 0 Å². The van der Waals surface area contributed by atoms with Crippen molar-refractivity contribution < 1.29 is 14.3 Å². The molecule has 2 aromatic rings. The van der Waals surface area contributed by atoms with E-state index in [4.69, 9.17) is 32.7 Å². The number of pyridine rings is 2. The van der Waals surface area contributed by atoms with Gasteiger partial charge in [0.1, 0.15) is 17.7 Å². The van der Waals surface area contributed by atoms with Crippen molar-refractivity contribution in [1.29, 1.82) is 0 Å². The second kappa shape index (κ2) is 12.0. The number of amides is 1. The van der Waals surface area contributed by atoms with Crippen molar-refractivity contribution in [2.24, 2.45) is 17.8 Å². The summed E-state index contributed by atoms with van der Waals surface area (Å²) >= 11 is 12.3. The molecule has 9 heteroatoms. The standard InChI is InChI=1S/C29H34Cl2N4O3/c1-19(38-28-10-7-23(31)15-33-28)25-17-35(18-26(25)20-3-5-22(30)6-4-20)29(36)21-11-13-34(14-12-21)27-9-8-24(37-2)16-32-27/h3-5,7-10,15-16,19,21-22,25-26H,6,11-14,17-18H2,1-2H3/t19-,22?,25+,26+/m0/s1. The Morgan fingerprint density at radius 1 is 1.11 bits per heavy atom. The second-order valence-electron chi connectivity index (χ2n) is 10.3. The fraction of sp³-hybridized carbons (Fsp3) is 0.483. The van der Waals surface area contributed by atoms with E-state index in [2.05, 4.69) is 38.8 Å². The number of hydrogen-bond acceptors (Lipinski definition) is 6. The van der Waals surface area contributed by atoms with E-state index in [-0.39, 0.29) is 35.1 Å². The number of likely N-dealkylation sites (tertiary alicyclic amines) is 1. The number of hydrogen-bond donors (Lipinski definition) is 0. The zero-order chi connectivity index (χ0) is 26.6. The topological polar surface area (TPSA) is 67.8 Å². The molecule has 38 heavy (non-hydrogen) atoms. The highest BCUT2D eigenvalue weighted by molar-refractivity contribution is 6.30. The van der Waals surface area contributed by atoms with Crippen molar-refractivity contribution >= 4 is 34.9 Å². The van der Waals surface area contributed by atoms with E-state index in [0.717, 1.165) is 43.9 Å².